The van der Waals surface area contributed by atoms with Crippen LogP contribution in [0.3, 0.4) is 0 Å². The van der Waals surface area contributed by atoms with Gasteiger partial charge in [-0.3, -0.25) is 72.1 Å². The van der Waals surface area contributed by atoms with Crippen molar-refractivity contribution in [1.29, 1.82) is 0 Å². The third-order valence-corrected chi connectivity index (χ3v) is 19.1. The summed E-state index contributed by atoms with van der Waals surface area (Å²) in [7, 11) is 1.51. The van der Waals surface area contributed by atoms with Crippen molar-refractivity contribution in [2.24, 2.45) is 34.8 Å². The molecule has 618 valence electrons. The summed E-state index contributed by atoms with van der Waals surface area (Å²) in [6.45, 7) is 7.35. The molecule has 0 bridgehead atoms. The number of fused-ring (bicyclic) bond motifs is 1. The first-order valence-corrected chi connectivity index (χ1v) is 38.5. The van der Waals surface area contributed by atoms with E-state index in [0.29, 0.717) is 37.7 Å². The van der Waals surface area contributed by atoms with Gasteiger partial charge in [0.1, 0.15) is 60.4 Å². The third-order valence-electron chi connectivity index (χ3n) is 18.0. The highest BCUT2D eigenvalue weighted by molar-refractivity contribution is 7.99. The second kappa shape index (κ2) is 46.2. The van der Waals surface area contributed by atoms with Crippen LogP contribution in [0.2, 0.25) is 0 Å². The average Bonchev–Trinajstić information content (AvgIpc) is 1.63. The molecule has 12 atom stereocenters. The van der Waals surface area contributed by atoms with E-state index in [9.17, 15) is 77.3 Å². The zero-order valence-corrected chi connectivity index (χ0v) is 65.7. The minimum Gasteiger partial charge on any atom is -0.465 e. The van der Waals surface area contributed by atoms with Gasteiger partial charge >= 0.3 is 5.97 Å². The van der Waals surface area contributed by atoms with Crippen LogP contribution in [0.4, 0.5) is 0 Å². The Morgan fingerprint density at radius 1 is 0.623 bits per heavy atom. The quantitative estimate of drug-likeness (QED) is 0.0201. The first-order chi connectivity index (χ1) is 54.4. The maximum atomic E-state index is 15.0. The molecule has 6 rings (SSSR count). The number of nitrogens with zero attached hydrogens (tertiary/aromatic N) is 3. The van der Waals surface area contributed by atoms with Crippen molar-refractivity contribution in [1.82, 2.24) is 78.6 Å². The van der Waals surface area contributed by atoms with Gasteiger partial charge in [0.15, 0.2) is 0 Å². The Balaban J connectivity index is 1.25. The van der Waals surface area contributed by atoms with Gasteiger partial charge in [-0.1, -0.05) is 88.0 Å². The fraction of sp³-hybridized carbons (Fsp3) is 0.481. The molecule has 12 amide bonds. The number of hydrogen-bond acceptors (Lipinski definition) is 24. The summed E-state index contributed by atoms with van der Waals surface area (Å²) < 4.78 is 6.55. The number of nitrogens with two attached hydrogens (primary N) is 4. The molecule has 0 unspecified atom stereocenters. The maximum Gasteiger partial charge on any atom is 0.308 e. The molecule has 0 radical (unpaired) electrons. The van der Waals surface area contributed by atoms with Gasteiger partial charge in [0.05, 0.1) is 47.2 Å². The second-order valence-electron chi connectivity index (χ2n) is 28.0. The van der Waals surface area contributed by atoms with Crippen LogP contribution in [0.5, 0.6) is 0 Å². The van der Waals surface area contributed by atoms with Gasteiger partial charge in [0.25, 0.3) is 11.8 Å². The lowest BCUT2D eigenvalue weighted by Gasteiger charge is -2.28. The zero-order chi connectivity index (χ0) is 83.7. The van der Waals surface area contributed by atoms with E-state index in [1.165, 1.54) is 25.7 Å². The number of hydrogen-bond donors (Lipinski definition) is 18. The molecule has 0 aliphatic carbocycles. The van der Waals surface area contributed by atoms with Gasteiger partial charge in [0, 0.05) is 60.6 Å². The zero-order valence-electron chi connectivity index (χ0n) is 64.9. The van der Waals surface area contributed by atoms with Crippen molar-refractivity contribution >= 4 is 118 Å². The summed E-state index contributed by atoms with van der Waals surface area (Å²) in [5, 5.41) is 57.7. The fourth-order valence-electron chi connectivity index (χ4n) is 11.9. The van der Waals surface area contributed by atoms with Crippen molar-refractivity contribution < 1.29 is 82.1 Å². The van der Waals surface area contributed by atoms with Crippen LogP contribution in [0, 0.1) is 11.8 Å². The fourth-order valence-corrected chi connectivity index (χ4v) is 12.9. The van der Waals surface area contributed by atoms with Crippen LogP contribution >= 0.6 is 11.8 Å². The number of nitrogens with one attached hydrogen (secondary N) is 12. The Bertz CT molecular complexity index is 4180. The number of benzene rings is 3. The Morgan fingerprint density at radius 3 is 1.79 bits per heavy atom. The molecule has 1 saturated heterocycles. The van der Waals surface area contributed by atoms with Crippen LogP contribution < -0.4 is 86.7 Å². The van der Waals surface area contributed by atoms with E-state index in [1.807, 2.05) is 0 Å². The van der Waals surface area contributed by atoms with Crippen molar-refractivity contribution in [3.63, 3.8) is 0 Å². The number of aliphatic hydroxyl groups is 2. The minimum atomic E-state index is -1.84. The molecule has 1 aliphatic heterocycles. The Kier molecular flexibility index (Phi) is 37.2. The van der Waals surface area contributed by atoms with Gasteiger partial charge in [-0.15, -0.1) is 0 Å². The van der Waals surface area contributed by atoms with E-state index >= 15 is 0 Å². The van der Waals surface area contributed by atoms with Crippen LogP contribution in [-0.4, -0.2) is 227 Å². The lowest BCUT2D eigenvalue weighted by atomic mass is 10.00. The largest absolute Gasteiger partial charge is 0.465 e. The predicted molar refractivity (Wildman–Crippen MR) is 422 cm³/mol. The summed E-state index contributed by atoms with van der Waals surface area (Å²) in [5.41, 5.74) is 25.9. The topological polar surface area (TPSA) is 568 Å². The molecular weight excluding hydrogens is 1500 g/mol. The highest BCUT2D eigenvalue weighted by Gasteiger charge is 2.38. The van der Waals surface area contributed by atoms with Crippen molar-refractivity contribution in [3.8, 4) is 0 Å². The number of amides is 12. The number of aromatic nitrogens is 3. The molecule has 37 heteroatoms. The highest BCUT2D eigenvalue weighted by Crippen LogP contribution is 2.34. The molecule has 22 N–H and O–H groups in total. The van der Waals surface area contributed by atoms with E-state index < -0.39 is 181 Å². The standard InChI is InChI=1S/C77H107N19O17S/c1-42(2)39-58-72(107)88-52(26-32-78)67(102)87-55(29-35-81)71(106)94-64(44(5)97)74(109)84-37-30-56(70(105)86-53(27-33-79)69(104)92-59(73(108)91-58)40-46-15-9-8-10-16-46)89-68(103)54(28-34-80)90-75(110)65(45(6)98)93-63(100)25-24-62(99)85-57(31-38-113-77(112)43(3)4)76(111)96-60-41-48(114-61-19-12-11-18-50(61)66(101)82-7)21-22-49(60)51(95-96)23-20-47-17-13-14-36-83-47/h8-23,36,41-45,52-59,64-65,97-98H,24-35,37-40,78-81H2,1-7H3,(H,82,101)(H,84,109)(H,85,99)(H,86,105)(H,87,102)(H,88,107)(H,89,103)(H,90,110)(H,91,108)(H,92,104)(H,93,100)(H,94,106)/b23-20+/t44-,45-,52+,53+,54+,55+,56+,57+,58+,59-,64+,65+/m1/s1. The molecule has 5 aromatic rings. The van der Waals surface area contributed by atoms with Crippen LogP contribution in [0.25, 0.3) is 23.1 Å². The Hall–Kier alpha value is -11.1. The van der Waals surface area contributed by atoms with E-state index in [0.717, 1.165) is 11.6 Å². The number of carbonyl (C=O) groups is 14. The molecule has 1 fully saturated rings. The van der Waals surface area contributed by atoms with E-state index in [1.54, 1.807) is 137 Å². The summed E-state index contributed by atoms with van der Waals surface area (Å²) in [5.74, 6) is -13.2. The van der Waals surface area contributed by atoms with Crippen LogP contribution in [-0.2, 0) is 68.7 Å². The normalized spacial score (nSPS) is 19.7. The number of pyridine rings is 1. The van der Waals surface area contributed by atoms with Crippen molar-refractivity contribution in [3.05, 3.63) is 120 Å². The molecule has 114 heavy (non-hydrogen) atoms. The SMILES string of the molecule is CNC(=O)c1ccccc1Sc1ccc2c(/C=C/c3ccccn3)nn(C(=O)[C@H](CCOC(=O)C(C)C)NC(=O)CCC(=O)N[C@H](C(=O)N[C@@H](CCN)C(=O)N[C@H]3CCNC(=O)[C@H]([C@@H](C)O)NC(=O)[C@H](CCN)NC(=O)[C@H](CCN)NC(=O)[C@H](CC(C)C)NC(=O)[C@@H](Cc4ccccc4)NC(=O)[C@H](CCN)NC3=O)[C@@H](C)O)c2c1. The smallest absolute Gasteiger partial charge is 0.308 e. The van der Waals surface area contributed by atoms with Gasteiger partial charge in [-0.2, -0.15) is 9.78 Å². The first kappa shape index (κ1) is 91.8. The van der Waals surface area contributed by atoms with Crippen LogP contribution in [0.1, 0.15) is 131 Å². The van der Waals surface area contributed by atoms with Crippen LogP contribution in [0.15, 0.2) is 107 Å². The number of rotatable bonds is 33. The molecule has 0 saturated carbocycles. The molecule has 0 spiro atoms. The van der Waals surface area contributed by atoms with Gasteiger partial charge in [0.2, 0.25) is 65.0 Å². The lowest BCUT2D eigenvalue weighted by molar-refractivity contribution is -0.147. The lowest BCUT2D eigenvalue weighted by Crippen LogP contribution is -2.61. The summed E-state index contributed by atoms with van der Waals surface area (Å²) in [6.07, 6.45) is -1.60. The van der Waals surface area contributed by atoms with Gasteiger partial charge in [-0.25, -0.2) is 0 Å². The molecule has 2 aromatic heterocycles. The van der Waals surface area contributed by atoms with Gasteiger partial charge in [-0.05, 0) is 145 Å². The maximum absolute atomic E-state index is 15.0. The Labute approximate surface area is 664 Å². The monoisotopic (exact) mass is 1600 g/mol. The van der Waals surface area contributed by atoms with Crippen molar-refractivity contribution in [2.75, 3.05) is 46.4 Å². The number of ether oxygens (including phenoxy) is 1. The molecule has 3 heterocycles. The molecular formula is C77H107N19O17S. The first-order valence-electron chi connectivity index (χ1n) is 37.7. The second-order valence-corrected chi connectivity index (χ2v) is 29.1. The molecule has 1 aliphatic rings. The summed E-state index contributed by atoms with van der Waals surface area (Å²) in [6, 6.07) is 10.2. The average molecular weight is 1600 g/mol. The number of aliphatic hydroxyl groups excluding tert-OH is 2. The molecule has 36 nitrogen and oxygen atoms in total. The van der Waals surface area contributed by atoms with Crippen molar-refractivity contribution in [2.45, 2.75) is 188 Å². The van der Waals surface area contributed by atoms with E-state index in [2.05, 4.69) is 68.8 Å². The van der Waals surface area contributed by atoms with E-state index in [4.69, 9.17) is 32.8 Å². The third kappa shape index (κ3) is 28.2. The number of carbonyl (C=O) groups excluding carboxylic acids is 14. The van der Waals surface area contributed by atoms with Gasteiger partial charge < -0.3 is 102 Å². The minimum absolute atomic E-state index is 0.0136. The highest BCUT2D eigenvalue weighted by atomic mass is 32.2. The molecule has 3 aromatic carbocycles. The number of esters is 1. The predicted octanol–water partition coefficient (Wildman–Crippen LogP) is -2.06. The van der Waals surface area contributed by atoms with E-state index in [-0.39, 0.29) is 95.1 Å². The summed E-state index contributed by atoms with van der Waals surface area (Å²) >= 11 is 1.25. The Morgan fingerprint density at radius 2 is 1.20 bits per heavy atom. The summed E-state index contributed by atoms with van der Waals surface area (Å²) in [4.78, 5) is 203.